The fourth-order valence-electron chi connectivity index (χ4n) is 3.55. The quantitative estimate of drug-likeness (QED) is 0.700. The summed E-state index contributed by atoms with van der Waals surface area (Å²) in [5.74, 6) is 1.43. The fraction of sp³-hybridized carbons (Fsp3) is 0.650. The number of aryl methyl sites for hydroxylation is 2. The molecule has 1 N–H and O–H groups in total. The third-order valence-electron chi connectivity index (χ3n) is 5.22. The number of carbonyl (C=O) groups is 1. The molecule has 1 atom stereocenters. The molecule has 27 heavy (non-hydrogen) atoms. The summed E-state index contributed by atoms with van der Waals surface area (Å²) in [4.78, 5) is 23.7. The summed E-state index contributed by atoms with van der Waals surface area (Å²) in [5.41, 5.74) is 1.97. The van der Waals surface area contributed by atoms with Crippen molar-refractivity contribution >= 4 is 27.5 Å². The molecule has 1 saturated carbocycles. The average Bonchev–Trinajstić information content (AvgIpc) is 3.27. The van der Waals surface area contributed by atoms with E-state index in [1.54, 1.807) is 0 Å². The zero-order valence-corrected chi connectivity index (χ0v) is 16.9. The largest absolute Gasteiger partial charge is 0.379 e. The SMILES string of the molecule is Cc1nc(C2CC2)nc2sc(C(=O)NCCCOCC3CCCO3)c(C)c12. The van der Waals surface area contributed by atoms with E-state index >= 15 is 0 Å². The van der Waals surface area contributed by atoms with Gasteiger partial charge in [0, 0.05) is 31.1 Å². The van der Waals surface area contributed by atoms with Crippen molar-refractivity contribution in [3.05, 3.63) is 22.0 Å². The standard InChI is InChI=1S/C20H27N3O3S/c1-12-16-13(2)22-18(14-6-7-14)23-20(16)27-17(12)19(24)21-8-4-9-25-11-15-5-3-10-26-15/h14-15H,3-11H2,1-2H3,(H,21,24). The van der Waals surface area contributed by atoms with Crippen molar-refractivity contribution in [2.75, 3.05) is 26.4 Å². The van der Waals surface area contributed by atoms with Gasteiger partial charge < -0.3 is 14.8 Å². The van der Waals surface area contributed by atoms with Gasteiger partial charge in [0.15, 0.2) is 0 Å². The first-order valence-electron chi connectivity index (χ1n) is 9.88. The van der Waals surface area contributed by atoms with Crippen molar-refractivity contribution in [3.63, 3.8) is 0 Å². The summed E-state index contributed by atoms with van der Waals surface area (Å²) in [5, 5.41) is 4.05. The lowest BCUT2D eigenvalue weighted by Gasteiger charge is -2.10. The van der Waals surface area contributed by atoms with Crippen LogP contribution in [-0.4, -0.2) is 48.3 Å². The highest BCUT2D eigenvalue weighted by atomic mass is 32.1. The number of rotatable bonds is 8. The Labute approximate surface area is 163 Å². The maximum atomic E-state index is 12.6. The molecule has 0 spiro atoms. The van der Waals surface area contributed by atoms with Gasteiger partial charge in [0.2, 0.25) is 0 Å². The molecule has 2 fully saturated rings. The van der Waals surface area contributed by atoms with E-state index in [-0.39, 0.29) is 12.0 Å². The first-order chi connectivity index (χ1) is 13.1. The van der Waals surface area contributed by atoms with Crippen LogP contribution in [0.1, 0.15) is 64.8 Å². The van der Waals surface area contributed by atoms with Crippen molar-refractivity contribution in [1.82, 2.24) is 15.3 Å². The van der Waals surface area contributed by atoms with Crippen molar-refractivity contribution in [2.24, 2.45) is 0 Å². The Balaban J connectivity index is 1.31. The van der Waals surface area contributed by atoms with E-state index in [0.29, 0.717) is 25.7 Å². The van der Waals surface area contributed by atoms with Gasteiger partial charge in [0.05, 0.1) is 23.3 Å². The van der Waals surface area contributed by atoms with Crippen LogP contribution in [0.2, 0.25) is 0 Å². The molecule has 6 nitrogen and oxygen atoms in total. The van der Waals surface area contributed by atoms with Crippen molar-refractivity contribution in [2.45, 2.75) is 58.0 Å². The number of amides is 1. The third kappa shape index (κ3) is 4.31. The molecule has 1 saturated heterocycles. The number of nitrogens with zero attached hydrogens (tertiary/aromatic N) is 2. The van der Waals surface area contributed by atoms with Crippen LogP contribution in [0.4, 0.5) is 0 Å². The molecule has 2 aliphatic rings. The summed E-state index contributed by atoms with van der Waals surface area (Å²) in [6.07, 6.45) is 5.63. The molecule has 0 aromatic carbocycles. The maximum absolute atomic E-state index is 12.6. The molecule has 1 unspecified atom stereocenters. The monoisotopic (exact) mass is 389 g/mol. The highest BCUT2D eigenvalue weighted by molar-refractivity contribution is 7.20. The zero-order valence-electron chi connectivity index (χ0n) is 16.0. The minimum absolute atomic E-state index is 0.0259. The number of carbonyl (C=O) groups excluding carboxylic acids is 1. The molecule has 7 heteroatoms. The molecule has 2 aromatic heterocycles. The second kappa shape index (κ2) is 8.20. The Morgan fingerprint density at radius 3 is 2.89 bits per heavy atom. The predicted octanol–water partition coefficient (Wildman–Crippen LogP) is 3.50. The zero-order chi connectivity index (χ0) is 18.8. The number of ether oxygens (including phenoxy) is 2. The van der Waals surface area contributed by atoms with Crippen LogP contribution in [0.15, 0.2) is 0 Å². The maximum Gasteiger partial charge on any atom is 0.261 e. The average molecular weight is 390 g/mol. The van der Waals surface area contributed by atoms with Crippen molar-refractivity contribution < 1.29 is 14.3 Å². The van der Waals surface area contributed by atoms with Gasteiger partial charge >= 0.3 is 0 Å². The Kier molecular flexibility index (Phi) is 5.71. The second-order valence-electron chi connectivity index (χ2n) is 7.50. The molecule has 3 heterocycles. The molecule has 0 bridgehead atoms. The number of aromatic nitrogens is 2. The van der Waals surface area contributed by atoms with E-state index in [9.17, 15) is 4.79 Å². The molecule has 2 aromatic rings. The van der Waals surface area contributed by atoms with Gasteiger partial charge in [-0.3, -0.25) is 4.79 Å². The van der Waals surface area contributed by atoms with E-state index in [2.05, 4.69) is 10.3 Å². The number of hydrogen-bond donors (Lipinski definition) is 1. The van der Waals surface area contributed by atoms with Gasteiger partial charge in [0.25, 0.3) is 5.91 Å². The lowest BCUT2D eigenvalue weighted by molar-refractivity contribution is 0.0166. The Morgan fingerprint density at radius 1 is 1.30 bits per heavy atom. The molecule has 0 radical (unpaired) electrons. The number of fused-ring (bicyclic) bond motifs is 1. The summed E-state index contributed by atoms with van der Waals surface area (Å²) in [7, 11) is 0. The van der Waals surface area contributed by atoms with Crippen LogP contribution >= 0.6 is 11.3 Å². The Hall–Kier alpha value is -1.57. The first kappa shape index (κ1) is 18.8. The van der Waals surface area contributed by atoms with Crippen molar-refractivity contribution in [1.29, 1.82) is 0 Å². The van der Waals surface area contributed by atoms with E-state index in [1.165, 1.54) is 24.2 Å². The highest BCUT2D eigenvalue weighted by Crippen LogP contribution is 2.40. The fourth-order valence-corrected chi connectivity index (χ4v) is 4.70. The molecule has 1 aliphatic carbocycles. The summed E-state index contributed by atoms with van der Waals surface area (Å²) in [6.45, 7) is 6.76. The van der Waals surface area contributed by atoms with Gasteiger partial charge in [-0.2, -0.15) is 0 Å². The summed E-state index contributed by atoms with van der Waals surface area (Å²) < 4.78 is 11.2. The molecule has 146 valence electrons. The normalized spacial score (nSPS) is 19.7. The topological polar surface area (TPSA) is 73.3 Å². The van der Waals surface area contributed by atoms with Crippen molar-refractivity contribution in [3.8, 4) is 0 Å². The Morgan fingerprint density at radius 2 is 2.15 bits per heavy atom. The van der Waals surface area contributed by atoms with Gasteiger partial charge in [-0.1, -0.05) is 0 Å². The second-order valence-corrected chi connectivity index (χ2v) is 8.50. The van der Waals surface area contributed by atoms with Crippen LogP contribution in [0.5, 0.6) is 0 Å². The number of hydrogen-bond acceptors (Lipinski definition) is 6. The van der Waals surface area contributed by atoms with E-state index in [0.717, 1.165) is 58.0 Å². The number of nitrogens with one attached hydrogen (secondary N) is 1. The van der Waals surface area contributed by atoms with Crippen LogP contribution in [0, 0.1) is 13.8 Å². The highest BCUT2D eigenvalue weighted by Gasteiger charge is 2.28. The van der Waals surface area contributed by atoms with Crippen LogP contribution < -0.4 is 5.32 Å². The van der Waals surface area contributed by atoms with Gasteiger partial charge in [-0.15, -0.1) is 11.3 Å². The van der Waals surface area contributed by atoms with Gasteiger partial charge in [0.1, 0.15) is 10.7 Å². The first-order valence-corrected chi connectivity index (χ1v) is 10.7. The minimum atomic E-state index is -0.0259. The lowest BCUT2D eigenvalue weighted by Crippen LogP contribution is -2.25. The molecule has 1 aliphatic heterocycles. The lowest BCUT2D eigenvalue weighted by atomic mass is 10.1. The van der Waals surface area contributed by atoms with E-state index in [1.807, 2.05) is 13.8 Å². The van der Waals surface area contributed by atoms with Crippen LogP contribution in [-0.2, 0) is 9.47 Å². The Bertz CT molecular complexity index is 825. The van der Waals surface area contributed by atoms with Crippen LogP contribution in [0.25, 0.3) is 10.2 Å². The third-order valence-corrected chi connectivity index (χ3v) is 6.40. The minimum Gasteiger partial charge on any atom is -0.379 e. The molecule has 4 rings (SSSR count). The molecular formula is C20H27N3O3S. The van der Waals surface area contributed by atoms with E-state index < -0.39 is 0 Å². The molecular weight excluding hydrogens is 362 g/mol. The van der Waals surface area contributed by atoms with Gasteiger partial charge in [-0.05, 0) is 51.5 Å². The number of thiophene rings is 1. The van der Waals surface area contributed by atoms with Gasteiger partial charge in [-0.25, -0.2) is 9.97 Å². The summed E-state index contributed by atoms with van der Waals surface area (Å²) in [6, 6.07) is 0. The summed E-state index contributed by atoms with van der Waals surface area (Å²) >= 11 is 1.48. The van der Waals surface area contributed by atoms with E-state index in [4.69, 9.17) is 14.5 Å². The van der Waals surface area contributed by atoms with Crippen LogP contribution in [0.3, 0.4) is 0 Å². The molecule has 1 amide bonds. The predicted molar refractivity (Wildman–Crippen MR) is 106 cm³/mol. The smallest absolute Gasteiger partial charge is 0.261 e.